The van der Waals surface area contributed by atoms with Crippen LogP contribution >= 0.6 is 11.6 Å². The van der Waals surface area contributed by atoms with Crippen molar-refractivity contribution in [1.82, 2.24) is 5.32 Å². The summed E-state index contributed by atoms with van der Waals surface area (Å²) in [5.74, 6) is 0.682. The fourth-order valence-electron chi connectivity index (χ4n) is 1.66. The Kier molecular flexibility index (Phi) is 4.45. The Morgan fingerprint density at radius 2 is 2.00 bits per heavy atom. The smallest absolute Gasteiger partial charge is 0.119 e. The van der Waals surface area contributed by atoms with Gasteiger partial charge in [-0.05, 0) is 37.1 Å². The van der Waals surface area contributed by atoms with E-state index in [0.29, 0.717) is 17.3 Å². The van der Waals surface area contributed by atoms with Crippen molar-refractivity contribution in [3.63, 3.8) is 0 Å². The zero-order chi connectivity index (χ0) is 13.0. The summed E-state index contributed by atoms with van der Waals surface area (Å²) in [6.45, 7) is 0.766. The van der Waals surface area contributed by atoms with E-state index < -0.39 is 6.10 Å². The van der Waals surface area contributed by atoms with Crippen LogP contribution in [0.4, 0.5) is 0 Å². The zero-order valence-electron chi connectivity index (χ0n) is 10.1. The first kappa shape index (κ1) is 13.6. The van der Waals surface area contributed by atoms with Crippen molar-refractivity contribution >= 4 is 11.6 Å². The maximum Gasteiger partial charge on any atom is 0.119 e. The highest BCUT2D eigenvalue weighted by Gasteiger charge is 2.41. The number of ether oxygens (including phenoxy) is 1. The van der Waals surface area contributed by atoms with Gasteiger partial charge in [0.05, 0.1) is 6.61 Å². The van der Waals surface area contributed by atoms with Gasteiger partial charge >= 0.3 is 0 Å². The average Bonchev–Trinajstić information content (AvgIpc) is 3.16. The predicted molar refractivity (Wildman–Crippen MR) is 70.0 cm³/mol. The van der Waals surface area contributed by atoms with E-state index in [1.165, 1.54) is 0 Å². The topological polar surface area (TPSA) is 61.7 Å². The number of benzene rings is 1. The summed E-state index contributed by atoms with van der Waals surface area (Å²) < 4.78 is 5.43. The number of rotatable bonds is 7. The minimum atomic E-state index is -0.593. The van der Waals surface area contributed by atoms with Crippen LogP contribution in [0.3, 0.4) is 0 Å². The molecule has 0 aliphatic heterocycles. The molecule has 2 rings (SSSR count). The standard InChI is InChI=1S/C13H18ClNO3/c14-10-1-3-12(4-2-10)18-8-11(17)7-15-13(9-16)5-6-13/h1-4,11,15-17H,5-9H2. The third-order valence-electron chi connectivity index (χ3n) is 3.12. The highest BCUT2D eigenvalue weighted by atomic mass is 35.5. The van der Waals surface area contributed by atoms with Crippen molar-refractivity contribution in [2.45, 2.75) is 24.5 Å². The van der Waals surface area contributed by atoms with E-state index in [9.17, 15) is 5.11 Å². The summed E-state index contributed by atoms with van der Waals surface area (Å²) in [5, 5.41) is 22.7. The van der Waals surface area contributed by atoms with Gasteiger partial charge in [0, 0.05) is 17.1 Å². The minimum absolute atomic E-state index is 0.123. The van der Waals surface area contributed by atoms with E-state index in [0.717, 1.165) is 12.8 Å². The normalized spacial score (nSPS) is 18.4. The monoisotopic (exact) mass is 271 g/mol. The number of aliphatic hydroxyl groups is 2. The molecule has 1 aromatic rings. The minimum Gasteiger partial charge on any atom is -0.491 e. The maximum atomic E-state index is 9.76. The van der Waals surface area contributed by atoms with Crippen LogP contribution in [0.15, 0.2) is 24.3 Å². The summed E-state index contributed by atoms with van der Waals surface area (Å²) in [4.78, 5) is 0. The van der Waals surface area contributed by atoms with Crippen LogP contribution in [0, 0.1) is 0 Å². The van der Waals surface area contributed by atoms with Crippen LogP contribution in [0.5, 0.6) is 5.75 Å². The molecular formula is C13H18ClNO3. The van der Waals surface area contributed by atoms with Gasteiger partial charge < -0.3 is 20.3 Å². The second-order valence-corrected chi connectivity index (χ2v) is 5.17. The summed E-state index contributed by atoms with van der Waals surface area (Å²) in [7, 11) is 0. The van der Waals surface area contributed by atoms with Crippen molar-refractivity contribution in [3.8, 4) is 5.75 Å². The molecule has 3 N–H and O–H groups in total. The maximum absolute atomic E-state index is 9.76. The molecule has 0 saturated heterocycles. The second-order valence-electron chi connectivity index (χ2n) is 4.74. The molecule has 1 unspecified atom stereocenters. The van der Waals surface area contributed by atoms with Crippen LogP contribution in [-0.2, 0) is 0 Å². The Morgan fingerprint density at radius 1 is 1.33 bits per heavy atom. The molecule has 5 heteroatoms. The molecule has 0 bridgehead atoms. The van der Waals surface area contributed by atoms with Gasteiger partial charge in [0.2, 0.25) is 0 Å². The Labute approximate surface area is 112 Å². The molecule has 0 radical (unpaired) electrons. The van der Waals surface area contributed by atoms with Crippen LogP contribution in [0.2, 0.25) is 5.02 Å². The molecule has 1 aliphatic carbocycles. The van der Waals surface area contributed by atoms with Gasteiger partial charge in [0.25, 0.3) is 0 Å². The summed E-state index contributed by atoms with van der Waals surface area (Å²) in [6.07, 6.45) is 1.34. The van der Waals surface area contributed by atoms with Gasteiger partial charge in [-0.3, -0.25) is 0 Å². The van der Waals surface area contributed by atoms with Gasteiger partial charge in [-0.1, -0.05) is 11.6 Å². The van der Waals surface area contributed by atoms with Crippen molar-refractivity contribution in [2.75, 3.05) is 19.8 Å². The molecule has 0 aromatic heterocycles. The average molecular weight is 272 g/mol. The van der Waals surface area contributed by atoms with E-state index in [2.05, 4.69) is 5.32 Å². The fraction of sp³-hybridized carbons (Fsp3) is 0.538. The lowest BCUT2D eigenvalue weighted by atomic mass is 10.2. The van der Waals surface area contributed by atoms with E-state index >= 15 is 0 Å². The van der Waals surface area contributed by atoms with Crippen molar-refractivity contribution in [3.05, 3.63) is 29.3 Å². The van der Waals surface area contributed by atoms with Gasteiger partial charge in [0.1, 0.15) is 18.5 Å². The first-order chi connectivity index (χ1) is 8.63. The Bertz CT molecular complexity index is 378. The van der Waals surface area contributed by atoms with E-state index in [4.69, 9.17) is 21.4 Å². The number of aliphatic hydroxyl groups excluding tert-OH is 2. The van der Waals surface area contributed by atoms with Gasteiger partial charge in [-0.15, -0.1) is 0 Å². The highest BCUT2D eigenvalue weighted by Crippen LogP contribution is 2.34. The van der Waals surface area contributed by atoms with E-state index in [1.807, 2.05) is 0 Å². The summed E-state index contributed by atoms with van der Waals surface area (Å²) >= 11 is 5.76. The third-order valence-corrected chi connectivity index (χ3v) is 3.38. The quantitative estimate of drug-likeness (QED) is 0.697. The van der Waals surface area contributed by atoms with Crippen LogP contribution in [0.1, 0.15) is 12.8 Å². The lowest BCUT2D eigenvalue weighted by molar-refractivity contribution is 0.0979. The Hall–Kier alpha value is -0.810. The van der Waals surface area contributed by atoms with Crippen molar-refractivity contribution in [1.29, 1.82) is 0 Å². The first-order valence-corrected chi connectivity index (χ1v) is 6.44. The third kappa shape index (κ3) is 3.85. The molecule has 1 aliphatic rings. The SMILES string of the molecule is OCC1(NCC(O)COc2ccc(Cl)cc2)CC1. The molecule has 100 valence electrons. The van der Waals surface area contributed by atoms with Crippen LogP contribution in [0.25, 0.3) is 0 Å². The van der Waals surface area contributed by atoms with Gasteiger partial charge in [-0.25, -0.2) is 0 Å². The molecule has 1 saturated carbocycles. The van der Waals surface area contributed by atoms with E-state index in [1.54, 1.807) is 24.3 Å². The summed E-state index contributed by atoms with van der Waals surface area (Å²) in [6, 6.07) is 7.01. The first-order valence-electron chi connectivity index (χ1n) is 6.06. The van der Waals surface area contributed by atoms with Crippen molar-refractivity contribution < 1.29 is 14.9 Å². The lowest BCUT2D eigenvalue weighted by Gasteiger charge is -2.18. The molecule has 1 aromatic carbocycles. The largest absolute Gasteiger partial charge is 0.491 e. The summed E-state index contributed by atoms with van der Waals surface area (Å²) in [5.41, 5.74) is -0.152. The molecule has 0 amide bonds. The second kappa shape index (κ2) is 5.89. The molecule has 1 fully saturated rings. The number of β-amino-alcohol motifs (C(OH)–C–C–N with tert-alkyl or cyclic N) is 1. The molecule has 0 heterocycles. The molecular weight excluding hydrogens is 254 g/mol. The van der Waals surface area contributed by atoms with Crippen LogP contribution < -0.4 is 10.1 Å². The zero-order valence-corrected chi connectivity index (χ0v) is 10.9. The molecule has 4 nitrogen and oxygen atoms in total. The Balaban J connectivity index is 1.68. The molecule has 1 atom stereocenters. The lowest BCUT2D eigenvalue weighted by Crippen LogP contribution is -2.41. The number of hydrogen-bond donors (Lipinski definition) is 3. The van der Waals surface area contributed by atoms with Crippen LogP contribution in [-0.4, -0.2) is 41.6 Å². The van der Waals surface area contributed by atoms with Crippen molar-refractivity contribution in [2.24, 2.45) is 0 Å². The predicted octanol–water partition coefficient (Wildman–Crippen LogP) is 1.19. The van der Waals surface area contributed by atoms with E-state index in [-0.39, 0.29) is 18.8 Å². The van der Waals surface area contributed by atoms with Gasteiger partial charge in [0.15, 0.2) is 0 Å². The molecule has 18 heavy (non-hydrogen) atoms. The van der Waals surface area contributed by atoms with Gasteiger partial charge in [-0.2, -0.15) is 0 Å². The number of nitrogens with one attached hydrogen (secondary N) is 1. The fourth-order valence-corrected chi connectivity index (χ4v) is 1.78. The Morgan fingerprint density at radius 3 is 2.56 bits per heavy atom. The molecule has 0 spiro atoms. The highest BCUT2D eigenvalue weighted by molar-refractivity contribution is 6.30. The number of halogens is 1. The number of hydrogen-bond acceptors (Lipinski definition) is 4.